The molecule has 1 fully saturated rings. The summed E-state index contributed by atoms with van der Waals surface area (Å²) in [5.74, 6) is 2.06. The van der Waals surface area contributed by atoms with Crippen molar-refractivity contribution in [1.29, 1.82) is 0 Å². The number of halogens is 1. The summed E-state index contributed by atoms with van der Waals surface area (Å²) in [4.78, 5) is 8.98. The molecule has 0 bridgehead atoms. The van der Waals surface area contributed by atoms with Crippen LogP contribution in [0.5, 0.6) is 0 Å². The standard InChI is InChI=1S/C15H26N4S3.HI/c1-3-16-14(19-12-5-6-13(11-12)20-2)17-7-4-9-21-15-18-8-10-22-15;/h8,10,12-13H,3-7,9,11H2,1-2H3,(H2,16,17,19);1H. The molecule has 1 saturated carbocycles. The molecular weight excluding hydrogens is 459 g/mol. The summed E-state index contributed by atoms with van der Waals surface area (Å²) >= 11 is 5.52. The molecule has 1 aliphatic rings. The molecule has 0 spiro atoms. The van der Waals surface area contributed by atoms with Crippen molar-refractivity contribution in [2.24, 2.45) is 4.99 Å². The van der Waals surface area contributed by atoms with E-state index in [1.54, 1.807) is 11.3 Å². The molecule has 2 atom stereocenters. The van der Waals surface area contributed by atoms with E-state index in [1.807, 2.05) is 35.1 Å². The van der Waals surface area contributed by atoms with E-state index < -0.39 is 0 Å². The van der Waals surface area contributed by atoms with Crippen molar-refractivity contribution in [3.05, 3.63) is 11.6 Å². The second-order valence-electron chi connectivity index (χ2n) is 5.27. The average molecular weight is 487 g/mol. The fourth-order valence-corrected chi connectivity index (χ4v) is 4.92. The minimum absolute atomic E-state index is 0. The van der Waals surface area contributed by atoms with Gasteiger partial charge < -0.3 is 10.6 Å². The molecular formula is C15H27IN4S3. The van der Waals surface area contributed by atoms with E-state index in [1.165, 1.54) is 19.3 Å². The van der Waals surface area contributed by atoms with Crippen LogP contribution in [-0.2, 0) is 0 Å². The van der Waals surface area contributed by atoms with Gasteiger partial charge in [-0.25, -0.2) is 4.98 Å². The molecule has 132 valence electrons. The predicted molar refractivity (Wildman–Crippen MR) is 117 cm³/mol. The van der Waals surface area contributed by atoms with Gasteiger partial charge in [0.05, 0.1) is 0 Å². The van der Waals surface area contributed by atoms with E-state index in [2.05, 4.69) is 28.8 Å². The van der Waals surface area contributed by atoms with Gasteiger partial charge in [0.15, 0.2) is 5.96 Å². The van der Waals surface area contributed by atoms with Crippen molar-refractivity contribution in [2.45, 2.75) is 48.2 Å². The Labute approximate surface area is 169 Å². The molecule has 23 heavy (non-hydrogen) atoms. The molecule has 2 rings (SSSR count). The summed E-state index contributed by atoms with van der Waals surface area (Å²) in [5, 5.41) is 9.80. The highest BCUT2D eigenvalue weighted by Gasteiger charge is 2.24. The van der Waals surface area contributed by atoms with Crippen LogP contribution in [0.25, 0.3) is 0 Å². The largest absolute Gasteiger partial charge is 0.357 e. The topological polar surface area (TPSA) is 49.3 Å². The van der Waals surface area contributed by atoms with Crippen LogP contribution in [0.4, 0.5) is 0 Å². The number of nitrogens with one attached hydrogen (secondary N) is 2. The van der Waals surface area contributed by atoms with Gasteiger partial charge in [-0.3, -0.25) is 4.99 Å². The first-order chi connectivity index (χ1) is 10.8. The number of guanidine groups is 1. The molecule has 0 saturated heterocycles. The highest BCUT2D eigenvalue weighted by Crippen LogP contribution is 2.28. The van der Waals surface area contributed by atoms with Gasteiger partial charge in [-0.1, -0.05) is 11.8 Å². The van der Waals surface area contributed by atoms with Crippen molar-refractivity contribution in [3.8, 4) is 0 Å². The van der Waals surface area contributed by atoms with Gasteiger partial charge in [0, 0.05) is 41.7 Å². The Hall–Kier alpha value is 0.330. The lowest BCUT2D eigenvalue weighted by Gasteiger charge is -2.17. The molecule has 1 heterocycles. The van der Waals surface area contributed by atoms with E-state index >= 15 is 0 Å². The number of hydrogen-bond acceptors (Lipinski definition) is 5. The van der Waals surface area contributed by atoms with Gasteiger partial charge in [0.1, 0.15) is 4.34 Å². The zero-order valence-corrected chi connectivity index (χ0v) is 18.6. The van der Waals surface area contributed by atoms with Crippen LogP contribution in [0.1, 0.15) is 32.6 Å². The number of hydrogen-bond donors (Lipinski definition) is 2. The Balaban J connectivity index is 0.00000264. The van der Waals surface area contributed by atoms with E-state index in [9.17, 15) is 0 Å². The van der Waals surface area contributed by atoms with E-state index in [-0.39, 0.29) is 24.0 Å². The molecule has 0 aliphatic heterocycles. The Morgan fingerprint density at radius 1 is 1.48 bits per heavy atom. The quantitative estimate of drug-likeness (QED) is 0.191. The highest BCUT2D eigenvalue weighted by atomic mass is 127. The summed E-state index contributed by atoms with van der Waals surface area (Å²) in [6.07, 6.45) is 9.00. The van der Waals surface area contributed by atoms with Gasteiger partial charge in [0.25, 0.3) is 0 Å². The third-order valence-corrected chi connectivity index (χ3v) is 6.76. The van der Waals surface area contributed by atoms with Crippen LogP contribution < -0.4 is 10.6 Å². The van der Waals surface area contributed by atoms with Crippen LogP contribution in [0, 0.1) is 0 Å². The number of rotatable bonds is 8. The third kappa shape index (κ3) is 8.31. The molecule has 1 aromatic heterocycles. The predicted octanol–water partition coefficient (Wildman–Crippen LogP) is 4.08. The Morgan fingerprint density at radius 3 is 3.00 bits per heavy atom. The van der Waals surface area contributed by atoms with Crippen LogP contribution >= 0.6 is 58.8 Å². The fourth-order valence-electron chi connectivity index (χ4n) is 2.50. The zero-order valence-electron chi connectivity index (χ0n) is 13.8. The van der Waals surface area contributed by atoms with E-state index in [4.69, 9.17) is 4.99 Å². The van der Waals surface area contributed by atoms with Crippen molar-refractivity contribution in [3.63, 3.8) is 0 Å². The van der Waals surface area contributed by atoms with E-state index in [0.29, 0.717) is 6.04 Å². The first kappa shape index (κ1) is 21.4. The SMILES string of the molecule is CCNC(=NCCCSc1nccs1)NC1CCC(SC)C1.I. The first-order valence-corrected chi connectivity index (χ1v) is 11.1. The van der Waals surface area contributed by atoms with Crippen molar-refractivity contribution >= 4 is 64.8 Å². The molecule has 1 aliphatic carbocycles. The summed E-state index contributed by atoms with van der Waals surface area (Å²) < 4.78 is 1.16. The summed E-state index contributed by atoms with van der Waals surface area (Å²) in [6, 6.07) is 0.583. The highest BCUT2D eigenvalue weighted by molar-refractivity contribution is 14.0. The monoisotopic (exact) mass is 486 g/mol. The summed E-state index contributed by atoms with van der Waals surface area (Å²) in [6.45, 7) is 3.90. The number of thioether (sulfide) groups is 2. The second kappa shape index (κ2) is 12.7. The number of aromatic nitrogens is 1. The minimum Gasteiger partial charge on any atom is -0.357 e. The molecule has 0 amide bonds. The van der Waals surface area contributed by atoms with Gasteiger partial charge in [-0.2, -0.15) is 11.8 Å². The fraction of sp³-hybridized carbons (Fsp3) is 0.733. The first-order valence-electron chi connectivity index (χ1n) is 7.91. The molecule has 2 unspecified atom stereocenters. The smallest absolute Gasteiger partial charge is 0.191 e. The minimum atomic E-state index is 0. The molecule has 4 nitrogen and oxygen atoms in total. The Kier molecular flexibility index (Phi) is 11.8. The molecule has 2 N–H and O–H groups in total. The maximum atomic E-state index is 4.70. The maximum Gasteiger partial charge on any atom is 0.191 e. The summed E-state index contributed by atoms with van der Waals surface area (Å²) in [7, 11) is 0. The number of aliphatic imine (C=N–C) groups is 1. The lowest BCUT2D eigenvalue weighted by Crippen LogP contribution is -2.42. The number of thiazole rings is 1. The Morgan fingerprint density at radius 2 is 2.35 bits per heavy atom. The third-order valence-electron chi connectivity index (χ3n) is 3.61. The summed E-state index contributed by atoms with van der Waals surface area (Å²) in [5.41, 5.74) is 0. The second-order valence-corrected chi connectivity index (χ2v) is 8.65. The molecule has 0 aromatic carbocycles. The van der Waals surface area contributed by atoms with Crippen molar-refractivity contribution in [2.75, 3.05) is 25.1 Å². The zero-order chi connectivity index (χ0) is 15.6. The normalized spacial score (nSPS) is 21.0. The van der Waals surface area contributed by atoms with Gasteiger partial charge in [-0.05, 0) is 38.9 Å². The lowest BCUT2D eigenvalue weighted by atomic mass is 10.2. The van der Waals surface area contributed by atoms with E-state index in [0.717, 1.165) is 40.8 Å². The molecule has 1 aromatic rings. The van der Waals surface area contributed by atoms with Gasteiger partial charge in [-0.15, -0.1) is 35.3 Å². The average Bonchev–Trinajstić information content (AvgIpc) is 3.18. The molecule has 8 heteroatoms. The van der Waals surface area contributed by atoms with Gasteiger partial charge >= 0.3 is 0 Å². The number of nitrogens with zero attached hydrogens (tertiary/aromatic N) is 2. The lowest BCUT2D eigenvalue weighted by molar-refractivity contribution is 0.615. The van der Waals surface area contributed by atoms with Crippen LogP contribution in [0.3, 0.4) is 0 Å². The molecule has 0 radical (unpaired) electrons. The van der Waals surface area contributed by atoms with Crippen molar-refractivity contribution < 1.29 is 0 Å². The van der Waals surface area contributed by atoms with Crippen LogP contribution in [0.2, 0.25) is 0 Å². The maximum absolute atomic E-state index is 4.70. The van der Waals surface area contributed by atoms with Crippen molar-refractivity contribution in [1.82, 2.24) is 15.6 Å². The van der Waals surface area contributed by atoms with Crippen LogP contribution in [0.15, 0.2) is 20.9 Å². The van der Waals surface area contributed by atoms with Crippen LogP contribution in [-0.4, -0.2) is 47.3 Å². The van der Waals surface area contributed by atoms with Gasteiger partial charge in [0.2, 0.25) is 0 Å². The Bertz CT molecular complexity index is 442.